The number of hydrogen-bond donors (Lipinski definition) is 1. The molecule has 0 fully saturated rings. The second-order valence-corrected chi connectivity index (χ2v) is 7.58. The van der Waals surface area contributed by atoms with Crippen molar-refractivity contribution in [3.05, 3.63) is 92.4 Å². The van der Waals surface area contributed by atoms with Crippen LogP contribution in [-0.2, 0) is 13.2 Å². The van der Waals surface area contributed by atoms with Crippen molar-refractivity contribution < 1.29 is 4.74 Å². The monoisotopic (exact) mass is 429 g/mol. The molecule has 3 aromatic rings. The second-order valence-electron chi connectivity index (χ2n) is 6.28. The molecule has 4 heteroatoms. The van der Waals surface area contributed by atoms with E-state index in [-0.39, 0.29) is 0 Å². The summed E-state index contributed by atoms with van der Waals surface area (Å²) >= 11 is 9.62. The van der Waals surface area contributed by atoms with Crippen LogP contribution in [0.3, 0.4) is 0 Å². The molecule has 0 saturated heterocycles. The van der Waals surface area contributed by atoms with Crippen LogP contribution in [0.25, 0.3) is 0 Å². The minimum absolute atomic E-state index is 0.485. The Morgan fingerprint density at radius 3 is 2.54 bits per heavy atom. The van der Waals surface area contributed by atoms with E-state index in [2.05, 4.69) is 65.4 Å². The largest absolute Gasteiger partial charge is 0.488 e. The minimum atomic E-state index is 0.485. The lowest BCUT2D eigenvalue weighted by Crippen LogP contribution is -2.02. The molecule has 0 aliphatic heterocycles. The van der Waals surface area contributed by atoms with Gasteiger partial charge in [-0.15, -0.1) is 0 Å². The van der Waals surface area contributed by atoms with Crippen LogP contribution in [0.5, 0.6) is 5.75 Å². The summed E-state index contributed by atoms with van der Waals surface area (Å²) in [7, 11) is 0. The van der Waals surface area contributed by atoms with E-state index < -0.39 is 0 Å². The van der Waals surface area contributed by atoms with Crippen molar-refractivity contribution >= 4 is 33.2 Å². The fraction of sp³-hybridized carbons (Fsp3) is 0.182. The highest BCUT2D eigenvalue weighted by molar-refractivity contribution is 9.10. The van der Waals surface area contributed by atoms with E-state index in [1.165, 1.54) is 22.4 Å². The van der Waals surface area contributed by atoms with E-state index >= 15 is 0 Å². The first kappa shape index (κ1) is 18.8. The second kappa shape index (κ2) is 8.61. The molecule has 26 heavy (non-hydrogen) atoms. The van der Waals surface area contributed by atoms with E-state index in [1.807, 2.05) is 30.3 Å². The molecule has 0 aliphatic carbocycles. The zero-order valence-electron chi connectivity index (χ0n) is 14.9. The van der Waals surface area contributed by atoms with Gasteiger partial charge in [0.2, 0.25) is 0 Å². The number of hydrogen-bond acceptors (Lipinski definition) is 2. The van der Waals surface area contributed by atoms with Crippen LogP contribution in [-0.4, -0.2) is 0 Å². The van der Waals surface area contributed by atoms with Gasteiger partial charge in [-0.2, -0.15) is 0 Å². The average Bonchev–Trinajstić information content (AvgIpc) is 2.62. The summed E-state index contributed by atoms with van der Waals surface area (Å²) < 4.78 is 6.85. The van der Waals surface area contributed by atoms with Crippen LogP contribution < -0.4 is 10.1 Å². The van der Waals surface area contributed by atoms with Crippen molar-refractivity contribution in [2.45, 2.75) is 27.0 Å². The summed E-state index contributed by atoms with van der Waals surface area (Å²) in [6.07, 6.45) is 0. The summed E-state index contributed by atoms with van der Waals surface area (Å²) in [6, 6.07) is 20.2. The molecule has 0 atom stereocenters. The summed E-state index contributed by atoms with van der Waals surface area (Å²) in [5, 5.41) is 4.22. The third kappa shape index (κ3) is 4.80. The average molecular weight is 431 g/mol. The number of nitrogens with one attached hydrogen (secondary N) is 1. The van der Waals surface area contributed by atoms with Crippen molar-refractivity contribution in [1.29, 1.82) is 0 Å². The summed E-state index contributed by atoms with van der Waals surface area (Å²) in [4.78, 5) is 0. The van der Waals surface area contributed by atoms with Gasteiger partial charge in [0.15, 0.2) is 0 Å². The van der Waals surface area contributed by atoms with Gasteiger partial charge >= 0.3 is 0 Å². The molecule has 0 saturated carbocycles. The number of benzene rings is 3. The maximum absolute atomic E-state index is 6.01. The Labute approximate surface area is 168 Å². The summed E-state index contributed by atoms with van der Waals surface area (Å²) in [6.45, 7) is 5.51. The lowest BCUT2D eigenvalue weighted by Gasteiger charge is -2.13. The van der Waals surface area contributed by atoms with Crippen molar-refractivity contribution in [3.63, 3.8) is 0 Å². The first-order valence-corrected chi connectivity index (χ1v) is 9.66. The highest BCUT2D eigenvalue weighted by atomic mass is 79.9. The maximum Gasteiger partial charge on any atom is 0.134 e. The van der Waals surface area contributed by atoms with Gasteiger partial charge in [0.1, 0.15) is 12.4 Å². The van der Waals surface area contributed by atoms with Gasteiger partial charge in [0, 0.05) is 17.3 Å². The van der Waals surface area contributed by atoms with Crippen molar-refractivity contribution in [2.75, 3.05) is 5.32 Å². The van der Waals surface area contributed by atoms with Crippen LogP contribution in [0.15, 0.2) is 65.1 Å². The standard InChI is InChI=1S/C22H21BrClNO/c1-15-5-3-8-21(16(15)2)25-13-17-9-10-22(20(23)12-17)26-14-18-6-4-7-19(24)11-18/h3-12,25H,13-14H2,1-2H3. The summed E-state index contributed by atoms with van der Waals surface area (Å²) in [5.41, 5.74) is 5.98. The van der Waals surface area contributed by atoms with Gasteiger partial charge in [-0.3, -0.25) is 0 Å². The van der Waals surface area contributed by atoms with E-state index in [4.69, 9.17) is 16.3 Å². The topological polar surface area (TPSA) is 21.3 Å². The molecule has 0 aliphatic rings. The van der Waals surface area contributed by atoms with Crippen molar-refractivity contribution in [3.8, 4) is 5.75 Å². The first-order chi connectivity index (χ1) is 12.5. The van der Waals surface area contributed by atoms with Crippen LogP contribution >= 0.6 is 27.5 Å². The Bertz CT molecular complexity index is 910. The van der Waals surface area contributed by atoms with Gasteiger partial charge in [-0.05, 0) is 82.4 Å². The molecule has 3 rings (SSSR count). The molecule has 0 amide bonds. The number of aryl methyl sites for hydroxylation is 1. The fourth-order valence-corrected chi connectivity index (χ4v) is 3.45. The normalized spacial score (nSPS) is 10.6. The lowest BCUT2D eigenvalue weighted by atomic mass is 10.1. The minimum Gasteiger partial charge on any atom is -0.488 e. The SMILES string of the molecule is Cc1cccc(NCc2ccc(OCc3cccc(Cl)c3)c(Br)c2)c1C. The molecule has 2 nitrogen and oxygen atoms in total. The van der Waals surface area contributed by atoms with Gasteiger partial charge in [0.05, 0.1) is 4.47 Å². The lowest BCUT2D eigenvalue weighted by molar-refractivity contribution is 0.304. The first-order valence-electron chi connectivity index (χ1n) is 8.48. The predicted octanol–water partition coefficient (Wildman–Crippen LogP) is 6.91. The molecular formula is C22H21BrClNO. The summed E-state index contributed by atoms with van der Waals surface area (Å²) in [5.74, 6) is 0.820. The zero-order valence-corrected chi connectivity index (χ0v) is 17.2. The smallest absolute Gasteiger partial charge is 0.134 e. The molecule has 3 aromatic carbocycles. The molecular weight excluding hydrogens is 410 g/mol. The zero-order chi connectivity index (χ0) is 18.5. The van der Waals surface area contributed by atoms with Crippen LogP contribution in [0, 0.1) is 13.8 Å². The van der Waals surface area contributed by atoms with Crippen molar-refractivity contribution in [2.24, 2.45) is 0 Å². The molecule has 0 bridgehead atoms. The number of rotatable bonds is 6. The number of ether oxygens (including phenoxy) is 1. The van der Waals surface area contributed by atoms with Gasteiger partial charge < -0.3 is 10.1 Å². The molecule has 0 heterocycles. The maximum atomic E-state index is 6.01. The van der Waals surface area contributed by atoms with Gasteiger partial charge in [-0.1, -0.05) is 41.9 Å². The third-order valence-corrected chi connectivity index (χ3v) is 5.22. The molecule has 0 radical (unpaired) electrons. The fourth-order valence-electron chi connectivity index (χ4n) is 2.70. The van der Waals surface area contributed by atoms with Gasteiger partial charge in [0.25, 0.3) is 0 Å². The Morgan fingerprint density at radius 2 is 1.77 bits per heavy atom. The number of anilines is 1. The third-order valence-electron chi connectivity index (χ3n) is 4.37. The van der Waals surface area contributed by atoms with Crippen LogP contribution in [0.1, 0.15) is 22.3 Å². The van der Waals surface area contributed by atoms with E-state index in [9.17, 15) is 0 Å². The van der Waals surface area contributed by atoms with E-state index in [0.29, 0.717) is 6.61 Å². The Hall–Kier alpha value is -1.97. The van der Waals surface area contributed by atoms with Gasteiger partial charge in [-0.25, -0.2) is 0 Å². The number of halogens is 2. The highest BCUT2D eigenvalue weighted by Crippen LogP contribution is 2.28. The molecule has 134 valence electrons. The molecule has 1 N–H and O–H groups in total. The Kier molecular flexibility index (Phi) is 6.23. The predicted molar refractivity (Wildman–Crippen MR) is 113 cm³/mol. The van der Waals surface area contributed by atoms with Crippen LogP contribution in [0.4, 0.5) is 5.69 Å². The highest BCUT2D eigenvalue weighted by Gasteiger charge is 2.05. The molecule has 0 aromatic heterocycles. The quantitative estimate of drug-likeness (QED) is 0.458. The van der Waals surface area contributed by atoms with Crippen molar-refractivity contribution in [1.82, 2.24) is 0 Å². The molecule has 0 spiro atoms. The Balaban J connectivity index is 1.63. The Morgan fingerprint density at radius 1 is 0.962 bits per heavy atom. The van der Waals surface area contributed by atoms with Crippen LogP contribution in [0.2, 0.25) is 5.02 Å². The van der Waals surface area contributed by atoms with E-state index in [0.717, 1.165) is 27.4 Å². The molecule has 0 unspecified atom stereocenters. The van der Waals surface area contributed by atoms with E-state index in [1.54, 1.807) is 0 Å².